The highest BCUT2D eigenvalue weighted by Gasteiger charge is 2.35. The van der Waals surface area contributed by atoms with Crippen molar-refractivity contribution >= 4 is 17.8 Å². The first-order valence-corrected chi connectivity index (χ1v) is 6.33. The minimum Gasteiger partial charge on any atom is -0.467 e. The third kappa shape index (κ3) is 3.56. The van der Waals surface area contributed by atoms with E-state index in [1.165, 1.54) is 23.0 Å². The quantitative estimate of drug-likeness (QED) is 0.527. The minimum absolute atomic E-state index is 0.0329. The molecule has 106 valence electrons. The fraction of sp³-hybridized carbons (Fsp3) is 0.615. The molecule has 1 unspecified atom stereocenters. The summed E-state index contributed by atoms with van der Waals surface area (Å²) in [5, 5.41) is 0. The number of ether oxygens (including phenoxy) is 1. The SMILES string of the molecule is C=CC(=O)N(CC)CC(=O)N1CCCC1C(=O)OC. The van der Waals surface area contributed by atoms with E-state index in [0.717, 1.165) is 6.42 Å². The van der Waals surface area contributed by atoms with Gasteiger partial charge >= 0.3 is 5.97 Å². The molecule has 1 rings (SSSR count). The molecule has 1 heterocycles. The highest BCUT2D eigenvalue weighted by atomic mass is 16.5. The van der Waals surface area contributed by atoms with Gasteiger partial charge in [-0.25, -0.2) is 4.79 Å². The van der Waals surface area contributed by atoms with E-state index < -0.39 is 12.0 Å². The highest BCUT2D eigenvalue weighted by Crippen LogP contribution is 2.18. The molecule has 0 aromatic carbocycles. The molecule has 0 saturated carbocycles. The molecule has 0 aromatic heterocycles. The number of carbonyl (C=O) groups is 3. The second kappa shape index (κ2) is 6.92. The third-order valence-corrected chi connectivity index (χ3v) is 3.24. The van der Waals surface area contributed by atoms with Crippen LogP contribution in [0.3, 0.4) is 0 Å². The first kappa shape index (κ1) is 15.2. The first-order chi connectivity index (χ1) is 9.04. The van der Waals surface area contributed by atoms with Crippen LogP contribution in [0.4, 0.5) is 0 Å². The number of hydrogen-bond acceptors (Lipinski definition) is 4. The van der Waals surface area contributed by atoms with E-state index in [9.17, 15) is 14.4 Å². The van der Waals surface area contributed by atoms with Crippen LogP contribution >= 0.6 is 0 Å². The largest absolute Gasteiger partial charge is 0.467 e. The molecule has 1 aliphatic rings. The molecule has 6 nitrogen and oxygen atoms in total. The lowest BCUT2D eigenvalue weighted by Crippen LogP contribution is -2.47. The average molecular weight is 268 g/mol. The van der Waals surface area contributed by atoms with Crippen molar-refractivity contribution in [1.82, 2.24) is 9.80 Å². The molecule has 6 heteroatoms. The van der Waals surface area contributed by atoms with Crippen molar-refractivity contribution < 1.29 is 19.1 Å². The molecular formula is C13H20N2O4. The lowest BCUT2D eigenvalue weighted by Gasteiger charge is -2.26. The fourth-order valence-corrected chi connectivity index (χ4v) is 2.18. The van der Waals surface area contributed by atoms with E-state index in [0.29, 0.717) is 19.5 Å². The van der Waals surface area contributed by atoms with Crippen LogP contribution in [0.2, 0.25) is 0 Å². The van der Waals surface area contributed by atoms with Crippen LogP contribution < -0.4 is 0 Å². The van der Waals surface area contributed by atoms with Crippen LogP contribution in [0.15, 0.2) is 12.7 Å². The van der Waals surface area contributed by atoms with Gasteiger partial charge in [-0.05, 0) is 25.8 Å². The molecule has 2 amide bonds. The second-order valence-electron chi connectivity index (χ2n) is 4.32. The maximum absolute atomic E-state index is 12.2. The molecule has 0 spiro atoms. The summed E-state index contributed by atoms with van der Waals surface area (Å²) >= 11 is 0. The third-order valence-electron chi connectivity index (χ3n) is 3.24. The Kier molecular flexibility index (Phi) is 5.54. The molecular weight excluding hydrogens is 248 g/mol. The van der Waals surface area contributed by atoms with Gasteiger partial charge in [-0.2, -0.15) is 0 Å². The molecule has 0 aliphatic carbocycles. The zero-order valence-corrected chi connectivity index (χ0v) is 11.4. The van der Waals surface area contributed by atoms with Crippen molar-refractivity contribution in [2.45, 2.75) is 25.8 Å². The molecule has 1 aliphatic heterocycles. The number of likely N-dealkylation sites (tertiary alicyclic amines) is 1. The summed E-state index contributed by atoms with van der Waals surface area (Å²) in [5.74, 6) is -0.918. The Morgan fingerprint density at radius 1 is 1.47 bits per heavy atom. The van der Waals surface area contributed by atoms with Gasteiger partial charge in [0.15, 0.2) is 0 Å². The zero-order valence-electron chi connectivity index (χ0n) is 11.4. The summed E-state index contributed by atoms with van der Waals surface area (Å²) in [7, 11) is 1.31. The molecule has 0 N–H and O–H groups in total. The predicted molar refractivity (Wildman–Crippen MR) is 69.2 cm³/mol. The second-order valence-corrected chi connectivity index (χ2v) is 4.32. The number of esters is 1. The zero-order chi connectivity index (χ0) is 14.4. The summed E-state index contributed by atoms with van der Waals surface area (Å²) < 4.78 is 4.68. The summed E-state index contributed by atoms with van der Waals surface area (Å²) in [5.41, 5.74) is 0. The van der Waals surface area contributed by atoms with E-state index in [1.54, 1.807) is 6.92 Å². The molecule has 1 fully saturated rings. The Morgan fingerprint density at radius 3 is 2.68 bits per heavy atom. The topological polar surface area (TPSA) is 66.9 Å². The number of methoxy groups -OCH3 is 1. The number of hydrogen-bond donors (Lipinski definition) is 0. The van der Waals surface area contributed by atoms with Crippen molar-refractivity contribution in [2.24, 2.45) is 0 Å². The van der Waals surface area contributed by atoms with Crippen LogP contribution in [0.5, 0.6) is 0 Å². The van der Waals surface area contributed by atoms with Crippen LogP contribution in [0, 0.1) is 0 Å². The maximum Gasteiger partial charge on any atom is 0.328 e. The number of likely N-dealkylation sites (N-methyl/N-ethyl adjacent to an activating group) is 1. The number of nitrogens with zero attached hydrogens (tertiary/aromatic N) is 2. The van der Waals surface area contributed by atoms with Crippen molar-refractivity contribution in [3.8, 4) is 0 Å². The molecule has 19 heavy (non-hydrogen) atoms. The monoisotopic (exact) mass is 268 g/mol. The van der Waals surface area contributed by atoms with Crippen molar-refractivity contribution in [3.63, 3.8) is 0 Å². The minimum atomic E-state index is -0.518. The van der Waals surface area contributed by atoms with Gasteiger partial charge in [0, 0.05) is 13.1 Å². The Balaban J connectivity index is 2.68. The highest BCUT2D eigenvalue weighted by molar-refractivity contribution is 5.92. The smallest absolute Gasteiger partial charge is 0.328 e. The first-order valence-electron chi connectivity index (χ1n) is 6.33. The lowest BCUT2D eigenvalue weighted by molar-refractivity contribution is -0.151. The Morgan fingerprint density at radius 2 is 2.16 bits per heavy atom. The fourth-order valence-electron chi connectivity index (χ4n) is 2.18. The number of rotatable bonds is 5. The van der Waals surface area contributed by atoms with Crippen LogP contribution in [0.1, 0.15) is 19.8 Å². The molecule has 0 aromatic rings. The molecule has 0 radical (unpaired) electrons. The van der Waals surface area contributed by atoms with E-state index >= 15 is 0 Å². The van der Waals surface area contributed by atoms with Crippen molar-refractivity contribution in [3.05, 3.63) is 12.7 Å². The standard InChI is InChI=1S/C13H20N2O4/c1-4-11(16)14(5-2)9-12(17)15-8-6-7-10(15)13(18)19-3/h4,10H,1,5-9H2,2-3H3. The van der Waals surface area contributed by atoms with Gasteiger partial charge in [0.1, 0.15) is 12.6 Å². The van der Waals surface area contributed by atoms with Gasteiger partial charge in [-0.1, -0.05) is 6.58 Å². The average Bonchev–Trinajstić information content (AvgIpc) is 2.92. The summed E-state index contributed by atoms with van der Waals surface area (Å²) in [4.78, 5) is 38.1. The Labute approximate surface area is 113 Å². The normalized spacial score (nSPS) is 18.0. The van der Waals surface area contributed by atoms with Gasteiger partial charge < -0.3 is 14.5 Å². The van der Waals surface area contributed by atoms with E-state index in [-0.39, 0.29) is 18.4 Å². The summed E-state index contributed by atoms with van der Waals surface area (Å²) in [6.45, 7) is 6.11. The van der Waals surface area contributed by atoms with E-state index in [4.69, 9.17) is 0 Å². The van der Waals surface area contributed by atoms with Gasteiger partial charge in [-0.15, -0.1) is 0 Å². The van der Waals surface area contributed by atoms with E-state index in [2.05, 4.69) is 11.3 Å². The Hall–Kier alpha value is -1.85. The van der Waals surface area contributed by atoms with Crippen molar-refractivity contribution in [1.29, 1.82) is 0 Å². The number of amides is 2. The van der Waals surface area contributed by atoms with Gasteiger partial charge in [0.05, 0.1) is 7.11 Å². The van der Waals surface area contributed by atoms with Crippen LogP contribution in [-0.4, -0.2) is 60.4 Å². The van der Waals surface area contributed by atoms with Gasteiger partial charge in [0.2, 0.25) is 11.8 Å². The number of carbonyl (C=O) groups excluding carboxylic acids is 3. The van der Waals surface area contributed by atoms with E-state index in [1.807, 2.05) is 0 Å². The molecule has 1 atom stereocenters. The van der Waals surface area contributed by atoms with Crippen LogP contribution in [0.25, 0.3) is 0 Å². The lowest BCUT2D eigenvalue weighted by atomic mass is 10.2. The maximum atomic E-state index is 12.2. The van der Waals surface area contributed by atoms with Crippen molar-refractivity contribution in [2.75, 3.05) is 26.7 Å². The molecule has 0 bridgehead atoms. The van der Waals surface area contributed by atoms with Gasteiger partial charge in [-0.3, -0.25) is 9.59 Å². The van der Waals surface area contributed by atoms with Gasteiger partial charge in [0.25, 0.3) is 0 Å². The van der Waals surface area contributed by atoms with Crippen LogP contribution in [-0.2, 0) is 19.1 Å². The summed E-state index contributed by atoms with van der Waals surface area (Å²) in [6, 6.07) is -0.518. The summed E-state index contributed by atoms with van der Waals surface area (Å²) in [6.07, 6.45) is 2.56. The Bertz CT molecular complexity index is 381. The molecule has 1 saturated heterocycles. The predicted octanol–water partition coefficient (Wildman–Crippen LogP) is 0.185.